The Bertz CT molecular complexity index is 338. The van der Waals surface area contributed by atoms with E-state index >= 15 is 0 Å². The van der Waals surface area contributed by atoms with Gasteiger partial charge in [-0.25, -0.2) is 4.79 Å². The molecule has 0 spiro atoms. The molecule has 4 nitrogen and oxygen atoms in total. The Hall–Kier alpha value is -0.870. The minimum atomic E-state index is -0.507. The highest BCUT2D eigenvalue weighted by Gasteiger charge is 2.61. The van der Waals surface area contributed by atoms with Crippen molar-refractivity contribution >= 4 is 5.97 Å². The van der Waals surface area contributed by atoms with Gasteiger partial charge in [-0.2, -0.15) is 0 Å². The van der Waals surface area contributed by atoms with E-state index in [1.54, 1.807) is 0 Å². The van der Waals surface area contributed by atoms with Gasteiger partial charge in [0.05, 0.1) is 20.3 Å². The summed E-state index contributed by atoms with van der Waals surface area (Å²) in [4.78, 5) is 11.3. The van der Waals surface area contributed by atoms with Crippen LogP contribution in [0.4, 0.5) is 0 Å². The summed E-state index contributed by atoms with van der Waals surface area (Å²) in [5.41, 5.74) is -0.120. The predicted octanol–water partition coefficient (Wildman–Crippen LogP) is 2.82. The minimum absolute atomic E-state index is 0.120. The molecule has 0 N–H and O–H groups in total. The largest absolute Gasteiger partial charge is 0.466 e. The van der Waals surface area contributed by atoms with Gasteiger partial charge < -0.3 is 14.2 Å². The van der Waals surface area contributed by atoms with Crippen molar-refractivity contribution in [1.82, 2.24) is 0 Å². The Kier molecular flexibility index (Phi) is 4.63. The van der Waals surface area contributed by atoms with Crippen molar-refractivity contribution in [3.05, 3.63) is 12.2 Å². The topological polar surface area (TPSA) is 44.8 Å². The van der Waals surface area contributed by atoms with Crippen molar-refractivity contribution in [3.8, 4) is 0 Å². The number of methoxy groups -OCH3 is 1. The second kappa shape index (κ2) is 6.06. The Morgan fingerprint density at radius 2 is 1.95 bits per heavy atom. The molecule has 0 aromatic heterocycles. The molecule has 0 aromatic carbocycles. The van der Waals surface area contributed by atoms with Gasteiger partial charge in [0.1, 0.15) is 0 Å². The van der Waals surface area contributed by atoms with E-state index in [-0.39, 0.29) is 11.4 Å². The summed E-state index contributed by atoms with van der Waals surface area (Å²) in [6.45, 7) is 3.49. The van der Waals surface area contributed by atoms with Crippen LogP contribution in [0.15, 0.2) is 12.2 Å². The predicted molar refractivity (Wildman–Crippen MR) is 71.6 cm³/mol. The lowest BCUT2D eigenvalue weighted by molar-refractivity contribution is -0.199. The number of esters is 1. The van der Waals surface area contributed by atoms with Crippen LogP contribution in [0.5, 0.6) is 0 Å². The van der Waals surface area contributed by atoms with Gasteiger partial charge in [-0.05, 0) is 19.3 Å². The number of ether oxygens (including phenoxy) is 3. The standard InChI is InChI=1S/C15H24O4/c1-3-4-5-7-15(18-11-12-19-15)14(9-10-14)8-6-13(16)17-2/h6,8H,3-5,7,9-12H2,1-2H3/b8-6+. The van der Waals surface area contributed by atoms with E-state index in [0.29, 0.717) is 13.2 Å². The maximum atomic E-state index is 11.3. The quantitative estimate of drug-likeness (QED) is 0.404. The number of hydrogen-bond donors (Lipinski definition) is 0. The van der Waals surface area contributed by atoms with Crippen molar-refractivity contribution in [1.29, 1.82) is 0 Å². The molecule has 19 heavy (non-hydrogen) atoms. The van der Waals surface area contributed by atoms with Gasteiger partial charge in [0.2, 0.25) is 0 Å². The second-order valence-electron chi connectivity index (χ2n) is 5.42. The first kappa shape index (κ1) is 14.5. The summed E-state index contributed by atoms with van der Waals surface area (Å²) in [5.74, 6) is -0.819. The molecule has 0 atom stereocenters. The first-order chi connectivity index (χ1) is 9.18. The van der Waals surface area contributed by atoms with Crippen molar-refractivity contribution in [2.45, 2.75) is 51.2 Å². The third kappa shape index (κ3) is 3.00. The molecule has 1 aliphatic heterocycles. The fourth-order valence-electron chi connectivity index (χ4n) is 2.85. The van der Waals surface area contributed by atoms with E-state index in [2.05, 4.69) is 11.7 Å². The monoisotopic (exact) mass is 268 g/mol. The molecule has 2 aliphatic rings. The van der Waals surface area contributed by atoms with Crippen molar-refractivity contribution < 1.29 is 19.0 Å². The van der Waals surface area contributed by atoms with Gasteiger partial charge in [0.25, 0.3) is 0 Å². The highest BCUT2D eigenvalue weighted by Crippen LogP contribution is 2.60. The summed E-state index contributed by atoms with van der Waals surface area (Å²) in [6, 6.07) is 0. The summed E-state index contributed by atoms with van der Waals surface area (Å²) in [5, 5.41) is 0. The van der Waals surface area contributed by atoms with Crippen LogP contribution in [0.25, 0.3) is 0 Å². The fourth-order valence-corrected chi connectivity index (χ4v) is 2.85. The maximum absolute atomic E-state index is 11.3. The van der Waals surface area contributed by atoms with E-state index in [4.69, 9.17) is 9.47 Å². The second-order valence-corrected chi connectivity index (χ2v) is 5.42. The molecule has 1 saturated carbocycles. The fraction of sp³-hybridized carbons (Fsp3) is 0.800. The molecule has 108 valence electrons. The number of rotatable bonds is 7. The molecule has 4 heteroatoms. The van der Waals surface area contributed by atoms with Gasteiger partial charge in [-0.15, -0.1) is 0 Å². The van der Waals surface area contributed by atoms with Crippen LogP contribution in [0.2, 0.25) is 0 Å². The van der Waals surface area contributed by atoms with E-state index in [9.17, 15) is 4.79 Å². The Morgan fingerprint density at radius 3 is 2.47 bits per heavy atom. The van der Waals surface area contributed by atoms with Crippen molar-refractivity contribution in [2.75, 3.05) is 20.3 Å². The molecule has 0 radical (unpaired) electrons. The zero-order valence-electron chi connectivity index (χ0n) is 11.9. The first-order valence-corrected chi connectivity index (χ1v) is 7.23. The summed E-state index contributed by atoms with van der Waals surface area (Å²) in [6.07, 6.45) is 9.87. The van der Waals surface area contributed by atoms with Crippen molar-refractivity contribution in [2.24, 2.45) is 5.41 Å². The molecular weight excluding hydrogens is 244 g/mol. The van der Waals surface area contributed by atoms with Gasteiger partial charge in [0, 0.05) is 17.9 Å². The molecular formula is C15H24O4. The van der Waals surface area contributed by atoms with E-state index in [1.807, 2.05) is 6.08 Å². The highest BCUT2D eigenvalue weighted by molar-refractivity contribution is 5.82. The average molecular weight is 268 g/mol. The van der Waals surface area contributed by atoms with Crippen LogP contribution >= 0.6 is 0 Å². The molecule has 1 heterocycles. The van der Waals surface area contributed by atoms with Crippen LogP contribution in [0.3, 0.4) is 0 Å². The van der Waals surface area contributed by atoms with Crippen LogP contribution in [-0.4, -0.2) is 32.1 Å². The van der Waals surface area contributed by atoms with Gasteiger partial charge >= 0.3 is 5.97 Å². The molecule has 0 amide bonds. The van der Waals surface area contributed by atoms with E-state index in [0.717, 1.165) is 25.7 Å². The lowest BCUT2D eigenvalue weighted by Crippen LogP contribution is -2.40. The third-order valence-electron chi connectivity index (χ3n) is 4.15. The summed E-state index contributed by atoms with van der Waals surface area (Å²) in [7, 11) is 1.39. The van der Waals surface area contributed by atoms with Crippen LogP contribution in [0.1, 0.15) is 45.4 Å². The van der Waals surface area contributed by atoms with Gasteiger partial charge in [-0.1, -0.05) is 25.8 Å². The average Bonchev–Trinajstić information content (AvgIpc) is 3.08. The zero-order valence-corrected chi connectivity index (χ0v) is 11.9. The lowest BCUT2D eigenvalue weighted by atomic mass is 9.89. The number of carbonyl (C=O) groups excluding carboxylic acids is 1. The Balaban J connectivity index is 2.05. The molecule has 0 aromatic rings. The van der Waals surface area contributed by atoms with Crippen LogP contribution < -0.4 is 0 Å². The smallest absolute Gasteiger partial charge is 0.330 e. The van der Waals surface area contributed by atoms with E-state index in [1.165, 1.54) is 26.0 Å². The van der Waals surface area contributed by atoms with Crippen LogP contribution in [-0.2, 0) is 19.0 Å². The third-order valence-corrected chi connectivity index (χ3v) is 4.15. The zero-order chi connectivity index (χ0) is 13.8. The molecule has 2 fully saturated rings. The lowest BCUT2D eigenvalue weighted by Gasteiger charge is -2.34. The van der Waals surface area contributed by atoms with Crippen LogP contribution in [0, 0.1) is 5.41 Å². The molecule has 0 bridgehead atoms. The summed E-state index contributed by atoms with van der Waals surface area (Å²) >= 11 is 0. The number of carbonyl (C=O) groups is 1. The highest BCUT2D eigenvalue weighted by atomic mass is 16.7. The van der Waals surface area contributed by atoms with Gasteiger partial charge in [-0.3, -0.25) is 0 Å². The molecule has 1 aliphatic carbocycles. The normalized spacial score (nSPS) is 23.7. The minimum Gasteiger partial charge on any atom is -0.466 e. The number of hydrogen-bond acceptors (Lipinski definition) is 4. The molecule has 0 unspecified atom stereocenters. The SMILES string of the molecule is CCCCCC1(C2(/C=C/C(=O)OC)CC2)OCCO1. The van der Waals surface area contributed by atoms with Crippen molar-refractivity contribution in [3.63, 3.8) is 0 Å². The Labute approximate surface area is 115 Å². The van der Waals surface area contributed by atoms with E-state index < -0.39 is 5.79 Å². The molecule has 1 saturated heterocycles. The number of unbranched alkanes of at least 4 members (excludes halogenated alkanes) is 2. The Morgan fingerprint density at radius 1 is 1.26 bits per heavy atom. The maximum Gasteiger partial charge on any atom is 0.330 e. The summed E-state index contributed by atoms with van der Waals surface area (Å²) < 4.78 is 16.6. The first-order valence-electron chi connectivity index (χ1n) is 7.23. The van der Waals surface area contributed by atoms with Gasteiger partial charge in [0.15, 0.2) is 5.79 Å². The molecule has 2 rings (SSSR count).